The Labute approximate surface area is 127 Å². The smallest absolute Gasteiger partial charge is 0.243 e. The van der Waals surface area contributed by atoms with E-state index in [2.05, 4.69) is 15.6 Å². The molecule has 0 aliphatic carbocycles. The zero-order valence-corrected chi connectivity index (χ0v) is 12.5. The second-order valence-corrected chi connectivity index (χ2v) is 6.10. The quantitative estimate of drug-likeness (QED) is 0.808. The molecule has 0 bridgehead atoms. The third-order valence-electron chi connectivity index (χ3n) is 3.51. The Hall–Kier alpha value is -1.76. The second kappa shape index (κ2) is 5.93. The molecule has 2 atom stereocenters. The number of aromatic nitrogens is 1. The molecule has 1 aromatic heterocycles. The van der Waals surface area contributed by atoms with E-state index in [0.29, 0.717) is 18.1 Å². The van der Waals surface area contributed by atoms with Gasteiger partial charge < -0.3 is 15.7 Å². The van der Waals surface area contributed by atoms with Crippen LogP contribution in [-0.4, -0.2) is 34.7 Å². The number of hydrogen-bond donors (Lipinski definition) is 3. The van der Waals surface area contributed by atoms with E-state index < -0.39 is 6.10 Å². The first-order valence-electron chi connectivity index (χ1n) is 6.87. The van der Waals surface area contributed by atoms with Gasteiger partial charge in [0.05, 0.1) is 17.8 Å². The molecule has 1 fully saturated rings. The maximum atomic E-state index is 12.0. The standard InChI is InChI=1S/C15H17N3O2S/c1-9-2-4-10(5-3-9)13-8-21-15(17-13)18-14(20)12-6-11(19)7-16-12/h2-5,8,11-12,16,19H,6-7H2,1H3,(H,17,18,20). The molecule has 2 heterocycles. The van der Waals surface area contributed by atoms with Crippen LogP contribution in [0.3, 0.4) is 0 Å². The largest absolute Gasteiger partial charge is 0.392 e. The van der Waals surface area contributed by atoms with E-state index in [0.717, 1.165) is 11.3 Å². The monoisotopic (exact) mass is 303 g/mol. The molecule has 6 heteroatoms. The van der Waals surface area contributed by atoms with E-state index in [4.69, 9.17) is 0 Å². The Morgan fingerprint density at radius 2 is 2.19 bits per heavy atom. The third kappa shape index (κ3) is 3.29. The summed E-state index contributed by atoms with van der Waals surface area (Å²) in [6, 6.07) is 7.77. The van der Waals surface area contributed by atoms with Crippen molar-refractivity contribution in [3.05, 3.63) is 35.2 Å². The molecule has 1 saturated heterocycles. The third-order valence-corrected chi connectivity index (χ3v) is 4.26. The number of aliphatic hydroxyl groups is 1. The first-order chi connectivity index (χ1) is 10.1. The lowest BCUT2D eigenvalue weighted by atomic mass is 10.1. The second-order valence-electron chi connectivity index (χ2n) is 5.24. The van der Waals surface area contributed by atoms with Gasteiger partial charge in [-0.25, -0.2) is 4.98 Å². The summed E-state index contributed by atoms with van der Waals surface area (Å²) in [5.41, 5.74) is 3.09. The lowest BCUT2D eigenvalue weighted by Crippen LogP contribution is -2.35. The molecule has 0 spiro atoms. The molecule has 0 radical (unpaired) electrons. The number of β-amino-alcohol motifs (C(OH)–C–C–N with tert-alkyl or cyclic N) is 1. The normalized spacial score (nSPS) is 21.4. The highest BCUT2D eigenvalue weighted by atomic mass is 32.1. The summed E-state index contributed by atoms with van der Waals surface area (Å²) in [6.45, 7) is 2.50. The van der Waals surface area contributed by atoms with Crippen LogP contribution in [0.4, 0.5) is 5.13 Å². The van der Waals surface area contributed by atoms with E-state index in [1.54, 1.807) is 0 Å². The van der Waals surface area contributed by atoms with Gasteiger partial charge in [-0.3, -0.25) is 4.79 Å². The molecule has 110 valence electrons. The van der Waals surface area contributed by atoms with Gasteiger partial charge in [-0.15, -0.1) is 11.3 Å². The molecule has 3 rings (SSSR count). The topological polar surface area (TPSA) is 74.2 Å². The van der Waals surface area contributed by atoms with Crippen LogP contribution in [-0.2, 0) is 4.79 Å². The molecule has 1 aliphatic rings. The van der Waals surface area contributed by atoms with Crippen LogP contribution in [0.15, 0.2) is 29.6 Å². The van der Waals surface area contributed by atoms with Crippen LogP contribution >= 0.6 is 11.3 Å². The molecule has 3 N–H and O–H groups in total. The molecule has 5 nitrogen and oxygen atoms in total. The Morgan fingerprint density at radius 1 is 1.43 bits per heavy atom. The summed E-state index contributed by atoms with van der Waals surface area (Å²) in [6.07, 6.45) is 0.00216. The van der Waals surface area contributed by atoms with Crippen LogP contribution in [0.1, 0.15) is 12.0 Å². The SMILES string of the molecule is Cc1ccc(-c2csc(NC(=O)C3CC(O)CN3)n2)cc1. The fourth-order valence-corrected chi connectivity index (χ4v) is 3.02. The van der Waals surface area contributed by atoms with Crippen LogP contribution < -0.4 is 10.6 Å². The van der Waals surface area contributed by atoms with Crippen molar-refractivity contribution >= 4 is 22.4 Å². The fraction of sp³-hybridized carbons (Fsp3) is 0.333. The van der Waals surface area contributed by atoms with Crippen molar-refractivity contribution in [2.45, 2.75) is 25.5 Å². The first kappa shape index (κ1) is 14.2. The van der Waals surface area contributed by atoms with Gasteiger partial charge in [0.25, 0.3) is 0 Å². The van der Waals surface area contributed by atoms with E-state index in [9.17, 15) is 9.90 Å². The first-order valence-corrected chi connectivity index (χ1v) is 7.74. The summed E-state index contributed by atoms with van der Waals surface area (Å²) in [5, 5.41) is 17.7. The van der Waals surface area contributed by atoms with E-state index >= 15 is 0 Å². The van der Waals surface area contributed by atoms with Gasteiger partial charge in [-0.1, -0.05) is 29.8 Å². The van der Waals surface area contributed by atoms with Crippen molar-refractivity contribution in [1.82, 2.24) is 10.3 Å². The Morgan fingerprint density at radius 3 is 2.86 bits per heavy atom. The van der Waals surface area contributed by atoms with Gasteiger partial charge in [0.1, 0.15) is 0 Å². The van der Waals surface area contributed by atoms with Crippen LogP contribution in [0, 0.1) is 6.92 Å². The van der Waals surface area contributed by atoms with Crippen molar-refractivity contribution < 1.29 is 9.90 Å². The van der Waals surface area contributed by atoms with Crippen molar-refractivity contribution in [2.75, 3.05) is 11.9 Å². The van der Waals surface area contributed by atoms with E-state index in [1.165, 1.54) is 16.9 Å². The molecule has 21 heavy (non-hydrogen) atoms. The Bertz CT molecular complexity index is 639. The van der Waals surface area contributed by atoms with Crippen molar-refractivity contribution in [3.8, 4) is 11.3 Å². The van der Waals surface area contributed by atoms with Crippen LogP contribution in [0.5, 0.6) is 0 Å². The summed E-state index contributed by atoms with van der Waals surface area (Å²) in [4.78, 5) is 16.5. The zero-order chi connectivity index (χ0) is 14.8. The average Bonchev–Trinajstić information content (AvgIpc) is 3.09. The van der Waals surface area contributed by atoms with Crippen LogP contribution in [0.2, 0.25) is 0 Å². The number of nitrogens with zero attached hydrogens (tertiary/aromatic N) is 1. The fourth-order valence-electron chi connectivity index (χ4n) is 2.30. The van der Waals surface area contributed by atoms with Gasteiger partial charge >= 0.3 is 0 Å². The zero-order valence-electron chi connectivity index (χ0n) is 11.7. The summed E-state index contributed by atoms with van der Waals surface area (Å²) >= 11 is 1.40. The maximum absolute atomic E-state index is 12.0. The summed E-state index contributed by atoms with van der Waals surface area (Å²) < 4.78 is 0. The molecule has 1 amide bonds. The number of rotatable bonds is 3. The summed E-state index contributed by atoms with van der Waals surface area (Å²) in [7, 11) is 0. The van der Waals surface area contributed by atoms with Gasteiger partial charge in [0.2, 0.25) is 5.91 Å². The molecule has 2 aromatic rings. The van der Waals surface area contributed by atoms with E-state index in [-0.39, 0.29) is 11.9 Å². The number of aryl methyl sites for hydroxylation is 1. The van der Waals surface area contributed by atoms with Crippen LogP contribution in [0.25, 0.3) is 11.3 Å². The number of amides is 1. The van der Waals surface area contributed by atoms with Crippen molar-refractivity contribution in [1.29, 1.82) is 0 Å². The summed E-state index contributed by atoms with van der Waals surface area (Å²) in [5.74, 6) is -0.142. The van der Waals surface area contributed by atoms with Crippen molar-refractivity contribution in [2.24, 2.45) is 0 Å². The lowest BCUT2D eigenvalue weighted by molar-refractivity contribution is -0.117. The van der Waals surface area contributed by atoms with E-state index in [1.807, 2.05) is 36.6 Å². The Balaban J connectivity index is 1.67. The number of carbonyl (C=O) groups excluding carboxylic acids is 1. The average molecular weight is 303 g/mol. The predicted molar refractivity (Wildman–Crippen MR) is 83.3 cm³/mol. The molecular formula is C15H17N3O2S. The predicted octanol–water partition coefficient (Wildman–Crippen LogP) is 1.78. The number of anilines is 1. The number of thiazole rings is 1. The molecular weight excluding hydrogens is 286 g/mol. The molecule has 1 aromatic carbocycles. The molecule has 0 saturated carbocycles. The van der Waals surface area contributed by atoms with Gasteiger partial charge in [-0.05, 0) is 13.3 Å². The highest BCUT2D eigenvalue weighted by Gasteiger charge is 2.28. The molecule has 2 unspecified atom stereocenters. The minimum absolute atomic E-state index is 0.142. The number of carbonyl (C=O) groups is 1. The Kier molecular flexibility index (Phi) is 4.01. The highest BCUT2D eigenvalue weighted by molar-refractivity contribution is 7.14. The minimum Gasteiger partial charge on any atom is -0.392 e. The minimum atomic E-state index is -0.444. The van der Waals surface area contributed by atoms with Gasteiger partial charge in [0, 0.05) is 17.5 Å². The molecule has 1 aliphatic heterocycles. The number of aliphatic hydroxyl groups excluding tert-OH is 1. The number of nitrogens with one attached hydrogen (secondary N) is 2. The van der Waals surface area contributed by atoms with Gasteiger partial charge in [-0.2, -0.15) is 0 Å². The highest BCUT2D eigenvalue weighted by Crippen LogP contribution is 2.25. The van der Waals surface area contributed by atoms with Crippen molar-refractivity contribution in [3.63, 3.8) is 0 Å². The number of benzene rings is 1. The number of hydrogen-bond acceptors (Lipinski definition) is 5. The maximum Gasteiger partial charge on any atom is 0.243 e. The lowest BCUT2D eigenvalue weighted by Gasteiger charge is -2.08. The van der Waals surface area contributed by atoms with Gasteiger partial charge in [0.15, 0.2) is 5.13 Å².